The highest BCUT2D eigenvalue weighted by Gasteiger charge is 2.12. The maximum Gasteiger partial charge on any atom is 0.231 e. The van der Waals surface area contributed by atoms with E-state index in [0.29, 0.717) is 27.5 Å². The van der Waals surface area contributed by atoms with Crippen molar-refractivity contribution >= 4 is 57.4 Å². The van der Waals surface area contributed by atoms with Gasteiger partial charge in [-0.15, -0.1) is 0 Å². The smallest absolute Gasteiger partial charge is 0.231 e. The van der Waals surface area contributed by atoms with E-state index in [-0.39, 0.29) is 0 Å². The summed E-state index contributed by atoms with van der Waals surface area (Å²) in [7, 11) is 1.84. The number of hydrogen-bond donors (Lipinski definition) is 2. The van der Waals surface area contributed by atoms with Crippen molar-refractivity contribution in [3.05, 3.63) is 64.8 Å². The van der Waals surface area contributed by atoms with Crippen LogP contribution in [-0.4, -0.2) is 19.7 Å². The number of fused-ring (bicyclic) bond motifs is 1. The Morgan fingerprint density at radius 1 is 0.808 bits per heavy atom. The Kier molecular flexibility index (Phi) is 4.36. The van der Waals surface area contributed by atoms with Crippen molar-refractivity contribution in [1.29, 1.82) is 0 Å². The largest absolute Gasteiger partial charge is 0.339 e. The van der Waals surface area contributed by atoms with Crippen molar-refractivity contribution in [3.63, 3.8) is 0 Å². The highest BCUT2D eigenvalue weighted by molar-refractivity contribution is 6.30. The molecule has 0 saturated carbocycles. The monoisotopic (exact) mass is 384 g/mol. The average Bonchev–Trinajstić information content (AvgIpc) is 3.00. The molecule has 0 fully saturated rings. The minimum Gasteiger partial charge on any atom is -0.339 e. The summed E-state index contributed by atoms with van der Waals surface area (Å²) in [6, 6.07) is 14.8. The zero-order valence-corrected chi connectivity index (χ0v) is 15.3. The third kappa shape index (κ3) is 3.42. The van der Waals surface area contributed by atoms with Gasteiger partial charge in [0.2, 0.25) is 5.95 Å². The number of rotatable bonds is 4. The lowest BCUT2D eigenvalue weighted by Gasteiger charge is -2.10. The van der Waals surface area contributed by atoms with Gasteiger partial charge in [-0.1, -0.05) is 23.2 Å². The Bertz CT molecular complexity index is 1060. The Balaban J connectivity index is 1.73. The fourth-order valence-electron chi connectivity index (χ4n) is 2.51. The Morgan fingerprint density at radius 2 is 1.38 bits per heavy atom. The lowest BCUT2D eigenvalue weighted by atomic mass is 10.3. The van der Waals surface area contributed by atoms with Crippen LogP contribution in [0.3, 0.4) is 0 Å². The number of anilines is 4. The van der Waals surface area contributed by atoms with Crippen LogP contribution in [0.15, 0.2) is 54.7 Å². The van der Waals surface area contributed by atoms with Crippen LogP contribution in [0.5, 0.6) is 0 Å². The molecular formula is C18H14Cl2N6. The van der Waals surface area contributed by atoms with Crippen LogP contribution < -0.4 is 10.6 Å². The number of hydrogen-bond acceptors (Lipinski definition) is 5. The standard InChI is InChI=1S/C18H14Cl2N6/c1-26-17-15(10-21-26)16(22-13-6-2-11(19)3-7-13)24-18(25-17)23-14-8-4-12(20)5-9-14/h2-10H,1H3,(H2,22,23,24,25). The third-order valence-corrected chi connectivity index (χ3v) is 4.30. The normalized spacial score (nSPS) is 10.9. The molecule has 0 saturated heterocycles. The lowest BCUT2D eigenvalue weighted by molar-refractivity contribution is 0.786. The van der Waals surface area contributed by atoms with E-state index in [1.54, 1.807) is 23.0 Å². The summed E-state index contributed by atoms with van der Waals surface area (Å²) in [5.74, 6) is 1.11. The quantitative estimate of drug-likeness (QED) is 0.508. The molecule has 0 amide bonds. The summed E-state index contributed by atoms with van der Waals surface area (Å²) < 4.78 is 1.71. The predicted octanol–water partition coefficient (Wildman–Crippen LogP) is 5.16. The molecule has 26 heavy (non-hydrogen) atoms. The van der Waals surface area contributed by atoms with Gasteiger partial charge < -0.3 is 10.6 Å². The molecule has 6 nitrogen and oxygen atoms in total. The van der Waals surface area contributed by atoms with E-state index in [9.17, 15) is 0 Å². The van der Waals surface area contributed by atoms with Crippen LogP contribution in [0.1, 0.15) is 0 Å². The van der Waals surface area contributed by atoms with Crippen molar-refractivity contribution in [2.24, 2.45) is 7.05 Å². The molecule has 4 rings (SSSR count). The lowest BCUT2D eigenvalue weighted by Crippen LogP contribution is -2.03. The third-order valence-electron chi connectivity index (χ3n) is 3.80. The Labute approximate surface area is 159 Å². The van der Waals surface area contributed by atoms with Crippen molar-refractivity contribution in [2.75, 3.05) is 10.6 Å². The van der Waals surface area contributed by atoms with Crippen LogP contribution >= 0.6 is 23.2 Å². The van der Waals surface area contributed by atoms with E-state index < -0.39 is 0 Å². The number of aromatic nitrogens is 4. The molecule has 2 aromatic carbocycles. The molecule has 0 spiro atoms. The molecule has 2 N–H and O–H groups in total. The number of nitrogens with one attached hydrogen (secondary N) is 2. The molecule has 0 atom stereocenters. The van der Waals surface area contributed by atoms with E-state index in [1.807, 2.05) is 43.4 Å². The first-order valence-corrected chi connectivity index (χ1v) is 8.59. The van der Waals surface area contributed by atoms with E-state index in [1.165, 1.54) is 0 Å². The van der Waals surface area contributed by atoms with E-state index >= 15 is 0 Å². The topological polar surface area (TPSA) is 67.7 Å². The second kappa shape index (κ2) is 6.82. The minimum atomic E-state index is 0.458. The molecule has 0 aliphatic carbocycles. The summed E-state index contributed by atoms with van der Waals surface area (Å²) in [6.07, 6.45) is 1.74. The van der Waals surface area contributed by atoms with Crippen LogP contribution in [0, 0.1) is 0 Å². The van der Waals surface area contributed by atoms with Gasteiger partial charge in [-0.25, -0.2) is 0 Å². The molecule has 0 aliphatic heterocycles. The molecule has 130 valence electrons. The number of benzene rings is 2. The number of halogens is 2. The second-order valence-electron chi connectivity index (χ2n) is 5.67. The summed E-state index contributed by atoms with van der Waals surface area (Å²) in [4.78, 5) is 9.15. The van der Waals surface area contributed by atoms with Crippen LogP contribution in [0.2, 0.25) is 10.0 Å². The molecule has 2 heterocycles. The van der Waals surface area contributed by atoms with Gasteiger partial charge in [0.15, 0.2) is 5.65 Å². The van der Waals surface area contributed by atoms with Gasteiger partial charge >= 0.3 is 0 Å². The van der Waals surface area contributed by atoms with Crippen LogP contribution in [0.4, 0.5) is 23.1 Å². The Hall–Kier alpha value is -2.83. The minimum absolute atomic E-state index is 0.458. The van der Waals surface area contributed by atoms with Crippen LogP contribution in [0.25, 0.3) is 11.0 Å². The van der Waals surface area contributed by atoms with E-state index in [2.05, 4.69) is 25.7 Å². The van der Waals surface area contributed by atoms with Gasteiger partial charge in [0.25, 0.3) is 0 Å². The summed E-state index contributed by atoms with van der Waals surface area (Å²) in [5, 5.41) is 12.9. The first-order valence-electron chi connectivity index (χ1n) is 7.83. The van der Waals surface area contributed by atoms with Crippen molar-refractivity contribution < 1.29 is 0 Å². The first kappa shape index (κ1) is 16.6. The first-order chi connectivity index (χ1) is 12.6. The molecule has 0 bridgehead atoms. The summed E-state index contributed by atoms with van der Waals surface area (Å²) >= 11 is 11.9. The van der Waals surface area contributed by atoms with Gasteiger partial charge in [-0.05, 0) is 48.5 Å². The van der Waals surface area contributed by atoms with Gasteiger partial charge in [-0.2, -0.15) is 15.1 Å². The molecule has 2 aromatic heterocycles. The van der Waals surface area contributed by atoms with Crippen molar-refractivity contribution in [2.45, 2.75) is 0 Å². The SMILES string of the molecule is Cn1ncc2c(Nc3ccc(Cl)cc3)nc(Nc3ccc(Cl)cc3)nc21. The summed E-state index contributed by atoms with van der Waals surface area (Å²) in [6.45, 7) is 0. The van der Waals surface area contributed by atoms with Crippen LogP contribution in [-0.2, 0) is 7.05 Å². The number of aryl methyl sites for hydroxylation is 1. The maximum atomic E-state index is 5.95. The van der Waals surface area contributed by atoms with E-state index in [0.717, 1.165) is 16.8 Å². The van der Waals surface area contributed by atoms with Crippen molar-refractivity contribution in [1.82, 2.24) is 19.7 Å². The highest BCUT2D eigenvalue weighted by atomic mass is 35.5. The zero-order valence-electron chi connectivity index (χ0n) is 13.7. The fourth-order valence-corrected chi connectivity index (χ4v) is 2.76. The fraction of sp³-hybridized carbons (Fsp3) is 0.0556. The maximum absolute atomic E-state index is 5.95. The molecule has 0 radical (unpaired) electrons. The van der Waals surface area contributed by atoms with Gasteiger partial charge in [0.1, 0.15) is 5.82 Å². The number of nitrogens with zero attached hydrogens (tertiary/aromatic N) is 4. The van der Waals surface area contributed by atoms with Crippen molar-refractivity contribution in [3.8, 4) is 0 Å². The predicted molar refractivity (Wildman–Crippen MR) is 106 cm³/mol. The molecule has 0 aliphatic rings. The molecular weight excluding hydrogens is 371 g/mol. The van der Waals surface area contributed by atoms with Gasteiger partial charge in [-0.3, -0.25) is 4.68 Å². The van der Waals surface area contributed by atoms with Gasteiger partial charge in [0.05, 0.1) is 11.6 Å². The molecule has 8 heteroatoms. The van der Waals surface area contributed by atoms with E-state index in [4.69, 9.17) is 23.2 Å². The highest BCUT2D eigenvalue weighted by Crippen LogP contribution is 2.27. The second-order valence-corrected chi connectivity index (χ2v) is 6.54. The summed E-state index contributed by atoms with van der Waals surface area (Å²) in [5.41, 5.74) is 2.43. The Morgan fingerprint density at radius 3 is 2.00 bits per heavy atom. The zero-order chi connectivity index (χ0) is 18.1. The average molecular weight is 385 g/mol. The molecule has 4 aromatic rings. The molecule has 0 unspecified atom stereocenters. The van der Waals surface area contributed by atoms with Gasteiger partial charge in [0, 0.05) is 28.5 Å².